The van der Waals surface area contributed by atoms with Crippen LogP contribution >= 0.6 is 11.8 Å². The summed E-state index contributed by atoms with van der Waals surface area (Å²) in [5.74, 6) is 2.92. The number of nitrogens with one attached hydrogen (secondary N) is 1. The molecule has 0 bridgehead atoms. The second-order valence-corrected chi connectivity index (χ2v) is 6.60. The molecule has 3 heteroatoms. The third-order valence-electron chi connectivity index (χ3n) is 3.46. The van der Waals surface area contributed by atoms with E-state index >= 15 is 0 Å². The lowest BCUT2D eigenvalue weighted by Gasteiger charge is -2.19. The van der Waals surface area contributed by atoms with Gasteiger partial charge in [0.05, 0.1) is 7.11 Å². The Balaban J connectivity index is 2.51. The average Bonchev–Trinajstić information content (AvgIpc) is 2.45. The van der Waals surface area contributed by atoms with E-state index < -0.39 is 0 Å². The summed E-state index contributed by atoms with van der Waals surface area (Å²) < 4.78 is 5.22. The van der Waals surface area contributed by atoms with Gasteiger partial charge in [-0.3, -0.25) is 0 Å². The van der Waals surface area contributed by atoms with Crippen molar-refractivity contribution in [1.29, 1.82) is 0 Å². The van der Waals surface area contributed by atoms with Crippen molar-refractivity contribution in [1.82, 2.24) is 5.32 Å². The van der Waals surface area contributed by atoms with Gasteiger partial charge in [0.1, 0.15) is 5.75 Å². The van der Waals surface area contributed by atoms with Gasteiger partial charge in [-0.25, -0.2) is 0 Å². The molecule has 0 aromatic heterocycles. The molecule has 114 valence electrons. The van der Waals surface area contributed by atoms with Crippen LogP contribution in [-0.4, -0.2) is 31.7 Å². The maximum atomic E-state index is 5.22. The molecule has 1 N–H and O–H groups in total. The molecule has 0 amide bonds. The summed E-state index contributed by atoms with van der Waals surface area (Å²) in [7, 11) is 1.72. The standard InChI is InChI=1S/C17H29NOS/c1-14(2)18-13-16(6-5-11-20-4)12-15-7-9-17(19-3)10-8-15/h7-10,14,16,18H,5-6,11-13H2,1-4H3. The molecule has 0 heterocycles. The molecular weight excluding hydrogens is 266 g/mol. The number of hydrogen-bond donors (Lipinski definition) is 1. The van der Waals surface area contributed by atoms with Crippen molar-refractivity contribution in [2.45, 2.75) is 39.2 Å². The molecule has 0 fully saturated rings. The Kier molecular flexibility index (Phi) is 8.79. The molecule has 1 unspecified atom stereocenters. The summed E-state index contributed by atoms with van der Waals surface area (Å²) >= 11 is 1.94. The summed E-state index contributed by atoms with van der Waals surface area (Å²) in [6.45, 7) is 5.54. The summed E-state index contributed by atoms with van der Waals surface area (Å²) in [4.78, 5) is 0. The van der Waals surface area contributed by atoms with E-state index in [-0.39, 0.29) is 0 Å². The number of ether oxygens (including phenoxy) is 1. The molecule has 0 aliphatic carbocycles. The molecule has 1 aromatic rings. The van der Waals surface area contributed by atoms with Gasteiger partial charge in [-0.05, 0) is 61.4 Å². The Bertz CT molecular complexity index is 351. The van der Waals surface area contributed by atoms with Crippen molar-refractivity contribution in [3.8, 4) is 5.75 Å². The minimum Gasteiger partial charge on any atom is -0.497 e. The number of thioether (sulfide) groups is 1. The molecule has 1 aromatic carbocycles. The van der Waals surface area contributed by atoms with Crippen molar-refractivity contribution in [3.63, 3.8) is 0 Å². The second-order valence-electron chi connectivity index (χ2n) is 5.62. The Morgan fingerprint density at radius 3 is 2.45 bits per heavy atom. The smallest absolute Gasteiger partial charge is 0.118 e. The molecule has 0 saturated heterocycles. The lowest BCUT2D eigenvalue weighted by Crippen LogP contribution is -2.30. The van der Waals surface area contributed by atoms with Gasteiger partial charge in [0.2, 0.25) is 0 Å². The fraction of sp³-hybridized carbons (Fsp3) is 0.647. The van der Waals surface area contributed by atoms with Crippen LogP contribution in [0.25, 0.3) is 0 Å². The minimum atomic E-state index is 0.564. The van der Waals surface area contributed by atoms with Gasteiger partial charge in [-0.1, -0.05) is 26.0 Å². The van der Waals surface area contributed by atoms with Crippen LogP contribution in [0, 0.1) is 5.92 Å². The van der Waals surface area contributed by atoms with Gasteiger partial charge in [-0.15, -0.1) is 0 Å². The maximum Gasteiger partial charge on any atom is 0.118 e. The van der Waals surface area contributed by atoms with Crippen molar-refractivity contribution in [2.24, 2.45) is 5.92 Å². The first-order valence-corrected chi connectivity index (χ1v) is 8.90. The van der Waals surface area contributed by atoms with Crippen LogP contribution in [0.4, 0.5) is 0 Å². The fourth-order valence-corrected chi connectivity index (χ4v) is 2.75. The van der Waals surface area contributed by atoms with Gasteiger partial charge in [0.25, 0.3) is 0 Å². The van der Waals surface area contributed by atoms with E-state index in [1.807, 2.05) is 11.8 Å². The van der Waals surface area contributed by atoms with E-state index in [1.165, 1.54) is 24.2 Å². The number of methoxy groups -OCH3 is 1. The summed E-state index contributed by atoms with van der Waals surface area (Å²) in [5, 5.41) is 3.58. The molecule has 1 rings (SSSR count). The molecule has 2 nitrogen and oxygen atoms in total. The summed E-state index contributed by atoms with van der Waals surface area (Å²) in [6, 6.07) is 9.06. The predicted molar refractivity (Wildman–Crippen MR) is 90.9 cm³/mol. The van der Waals surface area contributed by atoms with Crippen LogP contribution in [0.15, 0.2) is 24.3 Å². The Labute approximate surface area is 128 Å². The first-order valence-electron chi connectivity index (χ1n) is 7.51. The van der Waals surface area contributed by atoms with Crippen LogP contribution in [0.3, 0.4) is 0 Å². The highest BCUT2D eigenvalue weighted by molar-refractivity contribution is 7.98. The molecule has 0 aliphatic rings. The summed E-state index contributed by atoms with van der Waals surface area (Å²) in [6.07, 6.45) is 5.94. The Hall–Kier alpha value is -0.670. The zero-order valence-corrected chi connectivity index (χ0v) is 14.1. The third kappa shape index (κ3) is 7.20. The van der Waals surface area contributed by atoms with E-state index in [0.29, 0.717) is 6.04 Å². The van der Waals surface area contributed by atoms with Crippen LogP contribution in [0.5, 0.6) is 5.75 Å². The highest BCUT2D eigenvalue weighted by Crippen LogP contribution is 2.18. The lowest BCUT2D eigenvalue weighted by molar-refractivity contribution is 0.412. The van der Waals surface area contributed by atoms with Gasteiger partial charge in [-0.2, -0.15) is 11.8 Å². The van der Waals surface area contributed by atoms with Gasteiger partial charge in [0.15, 0.2) is 0 Å². The molecule has 0 saturated carbocycles. The molecular formula is C17H29NOS. The van der Waals surface area contributed by atoms with E-state index in [2.05, 4.69) is 49.7 Å². The highest BCUT2D eigenvalue weighted by Gasteiger charge is 2.10. The Morgan fingerprint density at radius 2 is 1.90 bits per heavy atom. The largest absolute Gasteiger partial charge is 0.497 e. The highest BCUT2D eigenvalue weighted by atomic mass is 32.2. The van der Waals surface area contributed by atoms with Crippen molar-refractivity contribution in [3.05, 3.63) is 29.8 Å². The zero-order chi connectivity index (χ0) is 14.8. The van der Waals surface area contributed by atoms with Gasteiger partial charge >= 0.3 is 0 Å². The molecule has 0 spiro atoms. The minimum absolute atomic E-state index is 0.564. The zero-order valence-electron chi connectivity index (χ0n) is 13.3. The molecule has 20 heavy (non-hydrogen) atoms. The van der Waals surface area contributed by atoms with Crippen molar-refractivity contribution >= 4 is 11.8 Å². The molecule has 0 aliphatic heterocycles. The fourth-order valence-electron chi connectivity index (χ4n) is 2.29. The number of hydrogen-bond acceptors (Lipinski definition) is 3. The quantitative estimate of drug-likeness (QED) is 0.659. The third-order valence-corrected chi connectivity index (χ3v) is 4.16. The maximum absolute atomic E-state index is 5.22. The lowest BCUT2D eigenvalue weighted by atomic mass is 9.94. The number of rotatable bonds is 10. The SMILES string of the molecule is COc1ccc(CC(CCCSC)CNC(C)C)cc1. The van der Waals surface area contributed by atoms with Crippen LogP contribution in [0.2, 0.25) is 0 Å². The van der Waals surface area contributed by atoms with E-state index in [0.717, 1.165) is 24.6 Å². The Morgan fingerprint density at radius 1 is 1.20 bits per heavy atom. The van der Waals surface area contributed by atoms with Crippen LogP contribution < -0.4 is 10.1 Å². The van der Waals surface area contributed by atoms with E-state index in [4.69, 9.17) is 4.74 Å². The van der Waals surface area contributed by atoms with E-state index in [9.17, 15) is 0 Å². The van der Waals surface area contributed by atoms with Crippen molar-refractivity contribution in [2.75, 3.05) is 25.7 Å². The number of benzene rings is 1. The normalized spacial score (nSPS) is 12.7. The summed E-state index contributed by atoms with van der Waals surface area (Å²) in [5.41, 5.74) is 1.41. The first-order chi connectivity index (χ1) is 9.65. The molecule has 1 atom stereocenters. The van der Waals surface area contributed by atoms with Gasteiger partial charge < -0.3 is 10.1 Å². The monoisotopic (exact) mass is 295 g/mol. The topological polar surface area (TPSA) is 21.3 Å². The predicted octanol–water partition coefficient (Wildman–Crippen LogP) is 4.00. The van der Waals surface area contributed by atoms with Crippen molar-refractivity contribution < 1.29 is 4.74 Å². The average molecular weight is 295 g/mol. The van der Waals surface area contributed by atoms with Crippen LogP contribution in [0.1, 0.15) is 32.3 Å². The first kappa shape index (κ1) is 17.4. The van der Waals surface area contributed by atoms with Gasteiger partial charge in [0, 0.05) is 6.04 Å². The van der Waals surface area contributed by atoms with Crippen LogP contribution in [-0.2, 0) is 6.42 Å². The van der Waals surface area contributed by atoms with E-state index in [1.54, 1.807) is 7.11 Å². The second kappa shape index (κ2) is 10.1. The molecule has 0 radical (unpaired) electrons.